The minimum Gasteiger partial charge on any atom is -0.354 e. The van der Waals surface area contributed by atoms with Crippen LogP contribution in [0.1, 0.15) is 26.7 Å². The standard InChI is InChI=1S/C18H23N3O3/c1-3-13(2)20-16(22)8-10-19-17(23)12-21-11-9-14-6-4-5-7-15(14)18(21)24/h4-7,9,11,13H,3,8,10,12H2,1-2H3,(H,19,23)(H,20,22). The van der Waals surface area contributed by atoms with Gasteiger partial charge in [0.05, 0.1) is 0 Å². The lowest BCUT2D eigenvalue weighted by Crippen LogP contribution is -2.37. The summed E-state index contributed by atoms with van der Waals surface area (Å²) in [5.41, 5.74) is -0.197. The summed E-state index contributed by atoms with van der Waals surface area (Å²) in [6, 6.07) is 9.20. The summed E-state index contributed by atoms with van der Waals surface area (Å²) in [5.74, 6) is -0.378. The summed E-state index contributed by atoms with van der Waals surface area (Å²) in [4.78, 5) is 35.9. The maximum absolute atomic E-state index is 12.3. The SMILES string of the molecule is CCC(C)NC(=O)CCNC(=O)Cn1ccc2ccccc2c1=O. The van der Waals surface area contributed by atoms with E-state index in [1.807, 2.05) is 32.0 Å². The van der Waals surface area contributed by atoms with Crippen molar-refractivity contribution in [3.8, 4) is 0 Å². The first-order chi connectivity index (χ1) is 11.5. The molecule has 0 aliphatic heterocycles. The summed E-state index contributed by atoms with van der Waals surface area (Å²) < 4.78 is 1.37. The van der Waals surface area contributed by atoms with Gasteiger partial charge in [-0.25, -0.2) is 0 Å². The molecule has 2 amide bonds. The van der Waals surface area contributed by atoms with Crippen LogP contribution in [0.25, 0.3) is 10.8 Å². The van der Waals surface area contributed by atoms with Crippen LogP contribution < -0.4 is 16.2 Å². The Morgan fingerprint density at radius 2 is 1.92 bits per heavy atom. The lowest BCUT2D eigenvalue weighted by molar-refractivity contribution is -0.122. The summed E-state index contributed by atoms with van der Waals surface area (Å²) in [6.07, 6.45) is 2.70. The van der Waals surface area contributed by atoms with E-state index in [9.17, 15) is 14.4 Å². The van der Waals surface area contributed by atoms with Crippen molar-refractivity contribution in [2.24, 2.45) is 0 Å². The van der Waals surface area contributed by atoms with Crippen LogP contribution in [0.5, 0.6) is 0 Å². The van der Waals surface area contributed by atoms with Crippen LogP contribution in [-0.2, 0) is 16.1 Å². The molecule has 0 bridgehead atoms. The minimum atomic E-state index is -0.288. The molecule has 1 atom stereocenters. The molecule has 1 aromatic heterocycles. The van der Waals surface area contributed by atoms with Gasteiger partial charge in [-0.2, -0.15) is 0 Å². The van der Waals surface area contributed by atoms with Gasteiger partial charge < -0.3 is 15.2 Å². The highest BCUT2D eigenvalue weighted by atomic mass is 16.2. The third kappa shape index (κ3) is 4.68. The molecule has 0 saturated carbocycles. The van der Waals surface area contributed by atoms with Crippen LogP contribution in [-0.4, -0.2) is 29.0 Å². The smallest absolute Gasteiger partial charge is 0.258 e. The van der Waals surface area contributed by atoms with E-state index < -0.39 is 0 Å². The van der Waals surface area contributed by atoms with E-state index in [0.717, 1.165) is 11.8 Å². The van der Waals surface area contributed by atoms with Gasteiger partial charge in [0, 0.05) is 30.6 Å². The molecular weight excluding hydrogens is 306 g/mol. The van der Waals surface area contributed by atoms with Crippen LogP contribution in [0.3, 0.4) is 0 Å². The Kier molecular flexibility index (Phi) is 6.12. The number of benzene rings is 1. The first-order valence-corrected chi connectivity index (χ1v) is 8.15. The first kappa shape index (κ1) is 17.7. The normalized spacial score (nSPS) is 11.9. The Morgan fingerprint density at radius 1 is 1.17 bits per heavy atom. The van der Waals surface area contributed by atoms with E-state index >= 15 is 0 Å². The average molecular weight is 329 g/mol. The second-order valence-electron chi connectivity index (χ2n) is 5.81. The van der Waals surface area contributed by atoms with Gasteiger partial charge in [0.2, 0.25) is 11.8 Å². The van der Waals surface area contributed by atoms with Gasteiger partial charge in [-0.3, -0.25) is 14.4 Å². The van der Waals surface area contributed by atoms with Gasteiger partial charge in [-0.15, -0.1) is 0 Å². The van der Waals surface area contributed by atoms with Crippen molar-refractivity contribution in [1.29, 1.82) is 0 Å². The van der Waals surface area contributed by atoms with Crippen molar-refractivity contribution in [2.75, 3.05) is 6.54 Å². The Bertz CT molecular complexity index is 782. The number of pyridine rings is 1. The number of hydrogen-bond acceptors (Lipinski definition) is 3. The molecule has 128 valence electrons. The molecule has 2 aromatic rings. The lowest BCUT2D eigenvalue weighted by atomic mass is 10.2. The van der Waals surface area contributed by atoms with Crippen molar-refractivity contribution in [2.45, 2.75) is 39.3 Å². The number of fused-ring (bicyclic) bond motifs is 1. The molecule has 1 aromatic carbocycles. The Hall–Kier alpha value is -2.63. The molecule has 6 heteroatoms. The number of carbonyl (C=O) groups excluding carboxylic acids is 2. The summed E-state index contributed by atoms with van der Waals surface area (Å²) in [5, 5.41) is 6.94. The number of amides is 2. The number of nitrogens with one attached hydrogen (secondary N) is 2. The van der Waals surface area contributed by atoms with Gasteiger partial charge >= 0.3 is 0 Å². The van der Waals surface area contributed by atoms with Crippen molar-refractivity contribution in [3.63, 3.8) is 0 Å². The summed E-state index contributed by atoms with van der Waals surface area (Å²) >= 11 is 0. The highest BCUT2D eigenvalue weighted by Crippen LogP contribution is 2.07. The number of hydrogen-bond donors (Lipinski definition) is 2. The van der Waals surface area contributed by atoms with Crippen LogP contribution >= 0.6 is 0 Å². The van der Waals surface area contributed by atoms with Crippen LogP contribution in [0.15, 0.2) is 41.3 Å². The third-order valence-corrected chi connectivity index (χ3v) is 3.89. The molecular formula is C18H23N3O3. The minimum absolute atomic E-state index is 0.0589. The molecule has 0 aliphatic rings. The monoisotopic (exact) mass is 329 g/mol. The van der Waals surface area contributed by atoms with E-state index in [4.69, 9.17) is 0 Å². The number of nitrogens with zero attached hydrogens (tertiary/aromatic N) is 1. The van der Waals surface area contributed by atoms with E-state index in [2.05, 4.69) is 10.6 Å². The van der Waals surface area contributed by atoms with Crippen LogP contribution in [0.2, 0.25) is 0 Å². The van der Waals surface area contributed by atoms with Crippen molar-refractivity contribution in [3.05, 3.63) is 46.9 Å². The number of aromatic nitrogens is 1. The van der Waals surface area contributed by atoms with Crippen LogP contribution in [0, 0.1) is 0 Å². The second-order valence-corrected chi connectivity index (χ2v) is 5.81. The highest BCUT2D eigenvalue weighted by molar-refractivity contribution is 5.82. The van der Waals surface area contributed by atoms with E-state index in [-0.39, 0.29) is 42.9 Å². The molecule has 0 spiro atoms. The van der Waals surface area contributed by atoms with Gasteiger partial charge in [-0.05, 0) is 30.9 Å². The maximum Gasteiger partial charge on any atom is 0.258 e. The van der Waals surface area contributed by atoms with Crippen molar-refractivity contribution < 1.29 is 9.59 Å². The Balaban J connectivity index is 1.88. The third-order valence-electron chi connectivity index (χ3n) is 3.89. The topological polar surface area (TPSA) is 80.2 Å². The van der Waals surface area contributed by atoms with Crippen molar-refractivity contribution >= 4 is 22.6 Å². The molecule has 2 N–H and O–H groups in total. The fourth-order valence-corrected chi connectivity index (χ4v) is 2.33. The Labute approximate surface area is 140 Å². The second kappa shape index (κ2) is 8.29. The number of carbonyl (C=O) groups is 2. The van der Waals surface area contributed by atoms with E-state index in [0.29, 0.717) is 5.39 Å². The van der Waals surface area contributed by atoms with Gasteiger partial charge in [0.25, 0.3) is 5.56 Å². The molecule has 24 heavy (non-hydrogen) atoms. The van der Waals surface area contributed by atoms with Crippen LogP contribution in [0.4, 0.5) is 0 Å². The molecule has 0 fully saturated rings. The quantitative estimate of drug-likeness (QED) is 0.806. The average Bonchev–Trinajstić information content (AvgIpc) is 2.57. The van der Waals surface area contributed by atoms with Gasteiger partial charge in [0.1, 0.15) is 6.54 Å². The Morgan fingerprint density at radius 3 is 2.67 bits per heavy atom. The van der Waals surface area contributed by atoms with Gasteiger partial charge in [-0.1, -0.05) is 25.1 Å². The number of rotatable bonds is 7. The summed E-state index contributed by atoms with van der Waals surface area (Å²) in [6.45, 7) is 4.12. The molecule has 2 rings (SSSR count). The molecule has 6 nitrogen and oxygen atoms in total. The zero-order valence-electron chi connectivity index (χ0n) is 14.0. The fourth-order valence-electron chi connectivity index (χ4n) is 2.33. The highest BCUT2D eigenvalue weighted by Gasteiger charge is 2.09. The lowest BCUT2D eigenvalue weighted by Gasteiger charge is -2.12. The molecule has 1 heterocycles. The summed E-state index contributed by atoms with van der Waals surface area (Å²) in [7, 11) is 0. The zero-order chi connectivity index (χ0) is 17.5. The molecule has 1 unspecified atom stereocenters. The predicted octanol–water partition coefficient (Wildman–Crippen LogP) is 1.42. The zero-order valence-corrected chi connectivity index (χ0v) is 14.0. The van der Waals surface area contributed by atoms with E-state index in [1.165, 1.54) is 4.57 Å². The van der Waals surface area contributed by atoms with Crippen molar-refractivity contribution in [1.82, 2.24) is 15.2 Å². The first-order valence-electron chi connectivity index (χ1n) is 8.15. The molecule has 0 radical (unpaired) electrons. The van der Waals surface area contributed by atoms with Gasteiger partial charge in [0.15, 0.2) is 0 Å². The molecule has 0 aliphatic carbocycles. The predicted molar refractivity (Wildman–Crippen MR) is 93.7 cm³/mol. The van der Waals surface area contributed by atoms with E-state index in [1.54, 1.807) is 18.3 Å². The fraction of sp³-hybridized carbons (Fsp3) is 0.389. The maximum atomic E-state index is 12.3. The molecule has 0 saturated heterocycles. The largest absolute Gasteiger partial charge is 0.354 e.